The van der Waals surface area contributed by atoms with Crippen molar-refractivity contribution in [1.82, 2.24) is 4.57 Å². The van der Waals surface area contributed by atoms with Crippen LogP contribution < -0.4 is 4.74 Å². The lowest BCUT2D eigenvalue weighted by atomic mass is 10.1. The zero-order chi connectivity index (χ0) is 21.3. The fraction of sp³-hybridized carbons (Fsp3) is 0.174. The van der Waals surface area contributed by atoms with Crippen LogP contribution in [0.1, 0.15) is 19.9 Å². The molecule has 152 valence electrons. The van der Waals surface area contributed by atoms with Crippen LogP contribution in [0.3, 0.4) is 0 Å². The van der Waals surface area contributed by atoms with Crippen molar-refractivity contribution < 1.29 is 14.6 Å². The molecule has 0 aliphatic heterocycles. The molecule has 3 aromatic carbocycles. The van der Waals surface area contributed by atoms with E-state index >= 15 is 0 Å². The van der Waals surface area contributed by atoms with E-state index in [1.807, 2.05) is 50.2 Å². The molecule has 6 nitrogen and oxygen atoms in total. The van der Waals surface area contributed by atoms with E-state index < -0.39 is 5.91 Å². The highest BCUT2D eigenvalue weighted by Crippen LogP contribution is 2.41. The Hall–Kier alpha value is -3.38. The number of halogens is 1. The first kappa shape index (κ1) is 19.9. The number of hydrogen-bond donors (Lipinski definition) is 1. The lowest BCUT2D eigenvalue weighted by Crippen LogP contribution is -2.07. The molecule has 0 aliphatic carbocycles. The van der Waals surface area contributed by atoms with Gasteiger partial charge in [-0.25, -0.2) is 0 Å². The van der Waals surface area contributed by atoms with E-state index in [2.05, 4.69) is 10.2 Å². The first-order chi connectivity index (χ1) is 14.4. The van der Waals surface area contributed by atoms with Gasteiger partial charge in [0.2, 0.25) is 5.88 Å². The van der Waals surface area contributed by atoms with Gasteiger partial charge in [-0.2, -0.15) is 0 Å². The number of rotatable bonds is 5. The van der Waals surface area contributed by atoms with Crippen LogP contribution in [-0.2, 0) is 4.79 Å². The third kappa shape index (κ3) is 3.86. The van der Waals surface area contributed by atoms with Gasteiger partial charge in [0, 0.05) is 16.5 Å². The minimum absolute atomic E-state index is 0.00966. The quantitative estimate of drug-likeness (QED) is 0.377. The average molecular weight is 422 g/mol. The summed E-state index contributed by atoms with van der Waals surface area (Å²) in [5.41, 5.74) is 0.973. The molecule has 0 saturated carbocycles. The number of carbonyl (C=O) groups excluding carboxylic acids is 1. The minimum Gasteiger partial charge on any atom is -0.493 e. The smallest absolute Gasteiger partial charge is 0.302 e. The first-order valence-electron chi connectivity index (χ1n) is 9.52. The van der Waals surface area contributed by atoms with Crippen molar-refractivity contribution in [2.24, 2.45) is 10.2 Å². The predicted molar refractivity (Wildman–Crippen MR) is 118 cm³/mol. The molecule has 4 aromatic rings. The SMILES string of the molecule is CC(C)n1c(O)c(N=NC(=O)COc2ccc3ccccc3c2)c2cc(Cl)ccc21. The number of fused-ring (bicyclic) bond motifs is 2. The summed E-state index contributed by atoms with van der Waals surface area (Å²) in [5, 5.41) is 21.6. The van der Waals surface area contributed by atoms with Gasteiger partial charge in [0.1, 0.15) is 5.75 Å². The number of hydrogen-bond acceptors (Lipinski definition) is 4. The molecule has 1 aromatic heterocycles. The molecule has 0 radical (unpaired) electrons. The molecule has 0 aliphatic rings. The average Bonchev–Trinajstić information content (AvgIpc) is 3.01. The van der Waals surface area contributed by atoms with Crippen molar-refractivity contribution in [3.63, 3.8) is 0 Å². The molecule has 1 amide bonds. The Labute approximate surface area is 178 Å². The van der Waals surface area contributed by atoms with Crippen LogP contribution in [0.25, 0.3) is 21.7 Å². The molecule has 1 N–H and O–H groups in total. The number of amides is 1. The summed E-state index contributed by atoms with van der Waals surface area (Å²) in [4.78, 5) is 12.2. The number of benzene rings is 3. The molecular formula is C23H20ClN3O3. The maximum atomic E-state index is 12.2. The summed E-state index contributed by atoms with van der Waals surface area (Å²) in [5.74, 6) is -0.0485. The van der Waals surface area contributed by atoms with E-state index in [0.29, 0.717) is 16.2 Å². The lowest BCUT2D eigenvalue weighted by Gasteiger charge is -2.10. The van der Waals surface area contributed by atoms with Gasteiger partial charge in [-0.05, 0) is 55.0 Å². The minimum atomic E-state index is -0.560. The van der Waals surface area contributed by atoms with Crippen molar-refractivity contribution >= 4 is 44.9 Å². The third-order valence-corrected chi connectivity index (χ3v) is 5.01. The second-order valence-electron chi connectivity index (χ2n) is 7.19. The van der Waals surface area contributed by atoms with Gasteiger partial charge in [-0.15, -0.1) is 10.2 Å². The summed E-state index contributed by atoms with van der Waals surface area (Å²) in [6.45, 7) is 3.63. The molecule has 0 bridgehead atoms. The third-order valence-electron chi connectivity index (χ3n) is 4.77. The lowest BCUT2D eigenvalue weighted by molar-refractivity contribution is -0.120. The number of ether oxygens (including phenoxy) is 1. The van der Waals surface area contributed by atoms with E-state index in [9.17, 15) is 9.90 Å². The topological polar surface area (TPSA) is 76.2 Å². The van der Waals surface area contributed by atoms with Crippen molar-refractivity contribution in [2.75, 3.05) is 6.61 Å². The molecule has 1 heterocycles. The van der Waals surface area contributed by atoms with Crippen LogP contribution >= 0.6 is 11.6 Å². The van der Waals surface area contributed by atoms with E-state index in [0.717, 1.165) is 16.3 Å². The van der Waals surface area contributed by atoms with Crippen LogP contribution in [0.15, 0.2) is 70.9 Å². The monoisotopic (exact) mass is 421 g/mol. The summed E-state index contributed by atoms with van der Waals surface area (Å²) in [7, 11) is 0. The fourth-order valence-corrected chi connectivity index (χ4v) is 3.59. The molecule has 0 fully saturated rings. The Balaban J connectivity index is 1.54. The summed E-state index contributed by atoms with van der Waals surface area (Å²) in [6.07, 6.45) is 0. The molecule has 7 heteroatoms. The van der Waals surface area contributed by atoms with Crippen molar-refractivity contribution in [1.29, 1.82) is 0 Å². The van der Waals surface area contributed by atoms with Crippen molar-refractivity contribution in [2.45, 2.75) is 19.9 Å². The number of azo groups is 1. The van der Waals surface area contributed by atoms with Crippen LogP contribution in [-0.4, -0.2) is 22.2 Å². The molecule has 30 heavy (non-hydrogen) atoms. The van der Waals surface area contributed by atoms with Gasteiger partial charge < -0.3 is 14.4 Å². The predicted octanol–water partition coefficient (Wildman–Crippen LogP) is 6.42. The highest BCUT2D eigenvalue weighted by molar-refractivity contribution is 6.31. The normalized spacial score (nSPS) is 11.7. The molecule has 0 atom stereocenters. The fourth-order valence-electron chi connectivity index (χ4n) is 3.41. The van der Waals surface area contributed by atoms with Gasteiger partial charge in [-0.3, -0.25) is 4.79 Å². The van der Waals surface area contributed by atoms with Crippen molar-refractivity contribution in [3.05, 3.63) is 65.7 Å². The zero-order valence-electron chi connectivity index (χ0n) is 16.5. The Morgan fingerprint density at radius 2 is 1.87 bits per heavy atom. The highest BCUT2D eigenvalue weighted by Gasteiger charge is 2.19. The first-order valence-corrected chi connectivity index (χ1v) is 9.90. The Kier molecular flexibility index (Phi) is 5.42. The van der Waals surface area contributed by atoms with E-state index in [-0.39, 0.29) is 24.2 Å². The summed E-state index contributed by atoms with van der Waals surface area (Å²) in [6, 6.07) is 18.7. The second kappa shape index (κ2) is 8.16. The number of nitrogens with zero attached hydrogens (tertiary/aromatic N) is 3. The van der Waals surface area contributed by atoms with Crippen LogP contribution in [0.2, 0.25) is 5.02 Å². The zero-order valence-corrected chi connectivity index (χ0v) is 17.3. The molecular weight excluding hydrogens is 402 g/mol. The largest absolute Gasteiger partial charge is 0.493 e. The molecule has 0 spiro atoms. The van der Waals surface area contributed by atoms with Gasteiger partial charge in [0.25, 0.3) is 0 Å². The number of carbonyl (C=O) groups is 1. The van der Waals surface area contributed by atoms with Gasteiger partial charge in [0.05, 0.1) is 5.52 Å². The Morgan fingerprint density at radius 3 is 2.63 bits per heavy atom. The van der Waals surface area contributed by atoms with E-state index in [1.165, 1.54) is 0 Å². The molecule has 0 unspecified atom stereocenters. The maximum Gasteiger partial charge on any atom is 0.302 e. The van der Waals surface area contributed by atoms with Crippen LogP contribution in [0.4, 0.5) is 5.69 Å². The molecule has 0 saturated heterocycles. The Morgan fingerprint density at radius 1 is 1.10 bits per heavy atom. The molecule has 4 rings (SSSR count). The highest BCUT2D eigenvalue weighted by atomic mass is 35.5. The second-order valence-corrected chi connectivity index (χ2v) is 7.63. The summed E-state index contributed by atoms with van der Waals surface area (Å²) < 4.78 is 7.27. The van der Waals surface area contributed by atoms with E-state index in [4.69, 9.17) is 16.3 Å². The van der Waals surface area contributed by atoms with Gasteiger partial charge in [-0.1, -0.05) is 41.9 Å². The van der Waals surface area contributed by atoms with Crippen LogP contribution in [0.5, 0.6) is 11.6 Å². The number of aromatic nitrogens is 1. The van der Waals surface area contributed by atoms with Crippen molar-refractivity contribution in [3.8, 4) is 11.6 Å². The summed E-state index contributed by atoms with van der Waals surface area (Å²) >= 11 is 6.10. The van der Waals surface area contributed by atoms with E-state index in [1.54, 1.807) is 28.8 Å². The standard InChI is InChI=1S/C23H20ClN3O3/c1-14(2)27-20-10-8-17(24)12-19(20)22(23(27)29)26-25-21(28)13-30-18-9-7-15-5-3-4-6-16(15)11-18/h3-12,14,29H,13H2,1-2H3. The number of aromatic hydroxyl groups is 1. The maximum absolute atomic E-state index is 12.2. The van der Waals surface area contributed by atoms with Gasteiger partial charge >= 0.3 is 5.91 Å². The van der Waals surface area contributed by atoms with Gasteiger partial charge in [0.15, 0.2) is 12.3 Å². The van der Waals surface area contributed by atoms with Crippen LogP contribution in [0, 0.1) is 0 Å². The Bertz CT molecular complexity index is 1280.